The fourth-order valence-electron chi connectivity index (χ4n) is 1.15. The zero-order chi connectivity index (χ0) is 9.14. The summed E-state index contributed by atoms with van der Waals surface area (Å²) < 4.78 is 12.6. The van der Waals surface area contributed by atoms with Gasteiger partial charge in [0, 0.05) is 11.7 Å². The lowest BCUT2D eigenvalue weighted by Crippen LogP contribution is -2.14. The Kier molecular flexibility index (Phi) is 2.76. The average molecular weight is 168 g/mol. The van der Waals surface area contributed by atoms with Crippen molar-refractivity contribution in [2.45, 2.75) is 19.9 Å². The molecular formula is C9H13FN2. The van der Waals surface area contributed by atoms with Crippen LogP contribution >= 0.6 is 0 Å². The summed E-state index contributed by atoms with van der Waals surface area (Å²) in [5, 5.41) is 3.08. The first-order chi connectivity index (χ1) is 5.65. The van der Waals surface area contributed by atoms with Crippen LogP contribution in [-0.4, -0.2) is 12.0 Å². The van der Waals surface area contributed by atoms with E-state index in [1.165, 1.54) is 6.07 Å². The van der Waals surface area contributed by atoms with Gasteiger partial charge in [-0.05, 0) is 32.5 Å². The number of hydrogen-bond donors (Lipinski definition) is 1. The molecule has 0 spiro atoms. The minimum atomic E-state index is -0.417. The van der Waals surface area contributed by atoms with Gasteiger partial charge in [-0.3, -0.25) is 0 Å². The van der Waals surface area contributed by atoms with Gasteiger partial charge in [0.1, 0.15) is 0 Å². The molecule has 3 heteroatoms. The van der Waals surface area contributed by atoms with E-state index in [2.05, 4.69) is 10.3 Å². The number of hydrogen-bond acceptors (Lipinski definition) is 2. The first kappa shape index (κ1) is 9.13. The standard InChI is InChI=1S/C9H13FN2/c1-6(11-3)8-4-5-9(10)12-7(8)2/h4-6,11H,1-3H3. The zero-order valence-corrected chi connectivity index (χ0v) is 7.56. The highest BCUT2D eigenvalue weighted by molar-refractivity contribution is 5.22. The van der Waals surface area contributed by atoms with E-state index in [-0.39, 0.29) is 6.04 Å². The maximum atomic E-state index is 12.6. The highest BCUT2D eigenvalue weighted by atomic mass is 19.1. The van der Waals surface area contributed by atoms with Crippen LogP contribution in [0.1, 0.15) is 24.2 Å². The SMILES string of the molecule is CNC(C)c1ccc(F)nc1C. The summed E-state index contributed by atoms with van der Waals surface area (Å²) in [6.45, 7) is 3.83. The average Bonchev–Trinajstić information content (AvgIpc) is 2.03. The van der Waals surface area contributed by atoms with Gasteiger partial charge >= 0.3 is 0 Å². The predicted octanol–water partition coefficient (Wildman–Crippen LogP) is 1.81. The summed E-state index contributed by atoms with van der Waals surface area (Å²) in [5.74, 6) is -0.417. The fourth-order valence-corrected chi connectivity index (χ4v) is 1.15. The molecule has 0 saturated carbocycles. The Hall–Kier alpha value is -0.960. The van der Waals surface area contributed by atoms with Crippen molar-refractivity contribution in [2.24, 2.45) is 0 Å². The van der Waals surface area contributed by atoms with Crippen molar-refractivity contribution in [3.63, 3.8) is 0 Å². The summed E-state index contributed by atoms with van der Waals surface area (Å²) in [6.07, 6.45) is 0. The van der Waals surface area contributed by atoms with Crippen LogP contribution in [0.2, 0.25) is 0 Å². The minimum Gasteiger partial charge on any atom is -0.313 e. The van der Waals surface area contributed by atoms with Gasteiger partial charge in [-0.15, -0.1) is 0 Å². The highest BCUT2D eigenvalue weighted by Gasteiger charge is 2.06. The first-order valence-electron chi connectivity index (χ1n) is 3.95. The molecule has 0 bridgehead atoms. The molecule has 0 aliphatic rings. The van der Waals surface area contributed by atoms with Crippen molar-refractivity contribution in [3.05, 3.63) is 29.3 Å². The van der Waals surface area contributed by atoms with Gasteiger partial charge < -0.3 is 5.32 Å². The van der Waals surface area contributed by atoms with E-state index < -0.39 is 5.95 Å². The molecule has 2 nitrogen and oxygen atoms in total. The van der Waals surface area contributed by atoms with Crippen LogP contribution in [0.5, 0.6) is 0 Å². The van der Waals surface area contributed by atoms with Crippen molar-refractivity contribution in [3.8, 4) is 0 Å². The van der Waals surface area contributed by atoms with Gasteiger partial charge in [0.25, 0.3) is 0 Å². The summed E-state index contributed by atoms with van der Waals surface area (Å²) in [4.78, 5) is 3.74. The van der Waals surface area contributed by atoms with Crippen LogP contribution in [-0.2, 0) is 0 Å². The molecule has 12 heavy (non-hydrogen) atoms. The minimum absolute atomic E-state index is 0.220. The van der Waals surface area contributed by atoms with Gasteiger partial charge in [0.05, 0.1) is 0 Å². The molecule has 1 heterocycles. The Morgan fingerprint density at radius 1 is 1.50 bits per heavy atom. The Morgan fingerprint density at radius 3 is 2.67 bits per heavy atom. The van der Waals surface area contributed by atoms with E-state index in [1.54, 1.807) is 6.07 Å². The predicted molar refractivity (Wildman–Crippen MR) is 46.4 cm³/mol. The first-order valence-corrected chi connectivity index (χ1v) is 3.95. The number of halogens is 1. The normalized spacial score (nSPS) is 13.0. The molecule has 0 radical (unpaired) electrons. The lowest BCUT2D eigenvalue weighted by Gasteiger charge is -2.12. The van der Waals surface area contributed by atoms with E-state index in [0.29, 0.717) is 0 Å². The fraction of sp³-hybridized carbons (Fsp3) is 0.444. The lowest BCUT2D eigenvalue weighted by atomic mass is 10.1. The van der Waals surface area contributed by atoms with Gasteiger partial charge in [-0.25, -0.2) is 4.98 Å². The third-order valence-electron chi connectivity index (χ3n) is 1.99. The van der Waals surface area contributed by atoms with Crippen LogP contribution < -0.4 is 5.32 Å². The highest BCUT2D eigenvalue weighted by Crippen LogP contribution is 2.14. The number of nitrogens with zero attached hydrogens (tertiary/aromatic N) is 1. The van der Waals surface area contributed by atoms with Crippen molar-refractivity contribution in [2.75, 3.05) is 7.05 Å². The Bertz CT molecular complexity index is 273. The van der Waals surface area contributed by atoms with Crippen molar-refractivity contribution >= 4 is 0 Å². The van der Waals surface area contributed by atoms with Crippen molar-refractivity contribution in [1.29, 1.82) is 0 Å². The van der Waals surface area contributed by atoms with Gasteiger partial charge in [0.2, 0.25) is 5.95 Å². The molecule has 0 aliphatic carbocycles. The second kappa shape index (κ2) is 3.63. The second-order valence-corrected chi connectivity index (χ2v) is 2.82. The smallest absolute Gasteiger partial charge is 0.213 e. The van der Waals surface area contributed by atoms with Gasteiger partial charge in [-0.1, -0.05) is 6.07 Å². The maximum absolute atomic E-state index is 12.6. The summed E-state index contributed by atoms with van der Waals surface area (Å²) >= 11 is 0. The maximum Gasteiger partial charge on any atom is 0.213 e. The van der Waals surface area contributed by atoms with Crippen molar-refractivity contribution < 1.29 is 4.39 Å². The monoisotopic (exact) mass is 168 g/mol. The number of pyridine rings is 1. The Labute approximate surface area is 71.8 Å². The topological polar surface area (TPSA) is 24.9 Å². The van der Waals surface area contributed by atoms with Crippen LogP contribution in [0.15, 0.2) is 12.1 Å². The third kappa shape index (κ3) is 1.80. The lowest BCUT2D eigenvalue weighted by molar-refractivity contribution is 0.570. The molecule has 0 aromatic carbocycles. The Balaban J connectivity index is 3.01. The van der Waals surface area contributed by atoms with E-state index in [9.17, 15) is 4.39 Å². The zero-order valence-electron chi connectivity index (χ0n) is 7.56. The molecular weight excluding hydrogens is 155 g/mol. The van der Waals surface area contributed by atoms with Crippen molar-refractivity contribution in [1.82, 2.24) is 10.3 Å². The van der Waals surface area contributed by atoms with Crippen LogP contribution in [0.25, 0.3) is 0 Å². The molecule has 1 aromatic rings. The molecule has 66 valence electrons. The molecule has 1 aromatic heterocycles. The second-order valence-electron chi connectivity index (χ2n) is 2.82. The molecule has 0 fully saturated rings. The van der Waals surface area contributed by atoms with Gasteiger partial charge in [0.15, 0.2) is 0 Å². The van der Waals surface area contributed by atoms with Gasteiger partial charge in [-0.2, -0.15) is 4.39 Å². The summed E-state index contributed by atoms with van der Waals surface area (Å²) in [7, 11) is 1.87. The Morgan fingerprint density at radius 2 is 2.17 bits per heavy atom. The summed E-state index contributed by atoms with van der Waals surface area (Å²) in [6, 6.07) is 3.37. The quantitative estimate of drug-likeness (QED) is 0.681. The molecule has 0 saturated heterocycles. The number of nitrogens with one attached hydrogen (secondary N) is 1. The van der Waals surface area contributed by atoms with E-state index in [0.717, 1.165) is 11.3 Å². The van der Waals surface area contributed by atoms with E-state index >= 15 is 0 Å². The molecule has 1 N–H and O–H groups in total. The van der Waals surface area contributed by atoms with Crippen LogP contribution in [0, 0.1) is 12.9 Å². The summed E-state index contributed by atoms with van der Waals surface area (Å²) in [5.41, 5.74) is 1.79. The molecule has 0 aliphatic heterocycles. The van der Waals surface area contributed by atoms with Crippen LogP contribution in [0.3, 0.4) is 0 Å². The number of rotatable bonds is 2. The number of aryl methyl sites for hydroxylation is 1. The van der Waals surface area contributed by atoms with E-state index in [4.69, 9.17) is 0 Å². The number of aromatic nitrogens is 1. The van der Waals surface area contributed by atoms with E-state index in [1.807, 2.05) is 20.9 Å². The third-order valence-corrected chi connectivity index (χ3v) is 1.99. The molecule has 1 unspecified atom stereocenters. The molecule has 1 rings (SSSR count). The molecule has 1 atom stereocenters. The van der Waals surface area contributed by atoms with Crippen LogP contribution in [0.4, 0.5) is 4.39 Å². The molecule has 0 amide bonds. The largest absolute Gasteiger partial charge is 0.313 e.